The van der Waals surface area contributed by atoms with Gasteiger partial charge in [-0.1, -0.05) is 93.6 Å². The van der Waals surface area contributed by atoms with Crippen molar-refractivity contribution in [2.75, 3.05) is 26.7 Å². The fraction of sp³-hybridized carbons (Fsp3) is 0.472. The highest BCUT2D eigenvalue weighted by Gasteiger charge is 2.41. The molecule has 236 valence electrons. The van der Waals surface area contributed by atoms with Gasteiger partial charge in [-0.2, -0.15) is 0 Å². The lowest BCUT2D eigenvalue weighted by atomic mass is 9.85. The first kappa shape index (κ1) is 33.1. The summed E-state index contributed by atoms with van der Waals surface area (Å²) in [5, 5.41) is 8.17. The normalized spacial score (nSPS) is 17.2. The standard InChI is InChI=1S/C36H49N5O3/c1-25(38-5)33(42)39-32(36(2,3)4)35(44)41-21-12-18-29(41)24-40(22-20-26-13-7-6-8-14-26)34(43)31(37)23-28-17-11-16-27-15-9-10-19-30(27)28/h6-11,13-17,19,25,29,31-32,38H,12,18,20-24,37H2,1-5H3,(H,39,42)/t25-,29-,31+,32+/m0/s1. The second-order valence-electron chi connectivity index (χ2n) is 13.1. The molecule has 1 heterocycles. The Morgan fingerprint density at radius 3 is 2.39 bits per heavy atom. The number of benzene rings is 3. The fourth-order valence-corrected chi connectivity index (χ4v) is 6.01. The van der Waals surface area contributed by atoms with Gasteiger partial charge in [0.15, 0.2) is 0 Å². The van der Waals surface area contributed by atoms with Crippen LogP contribution in [0.25, 0.3) is 10.8 Å². The van der Waals surface area contributed by atoms with E-state index in [2.05, 4.69) is 41.0 Å². The Bertz CT molecular complexity index is 1410. The van der Waals surface area contributed by atoms with Crippen molar-refractivity contribution in [2.45, 2.75) is 77.5 Å². The highest BCUT2D eigenvalue weighted by Crippen LogP contribution is 2.27. The van der Waals surface area contributed by atoms with E-state index in [0.29, 0.717) is 32.5 Å². The summed E-state index contributed by atoms with van der Waals surface area (Å²) >= 11 is 0. The SMILES string of the molecule is CN[C@@H](C)C(=O)N[C@H](C(=O)N1CCC[C@H]1CN(CCc1ccccc1)C(=O)[C@H](N)Cc1cccc2ccccc12)C(C)(C)C. The zero-order valence-electron chi connectivity index (χ0n) is 26.9. The van der Waals surface area contributed by atoms with Gasteiger partial charge in [-0.25, -0.2) is 0 Å². The van der Waals surface area contributed by atoms with Gasteiger partial charge in [-0.3, -0.25) is 14.4 Å². The van der Waals surface area contributed by atoms with Gasteiger partial charge in [-0.05, 0) is 67.0 Å². The minimum Gasteiger partial charge on any atom is -0.342 e. The molecule has 3 aromatic carbocycles. The number of amides is 3. The van der Waals surface area contributed by atoms with Crippen molar-refractivity contribution in [3.05, 3.63) is 83.9 Å². The van der Waals surface area contributed by atoms with Gasteiger partial charge in [-0.15, -0.1) is 0 Å². The molecule has 0 aliphatic carbocycles. The Hall–Kier alpha value is -3.75. The van der Waals surface area contributed by atoms with Crippen LogP contribution in [0, 0.1) is 5.41 Å². The van der Waals surface area contributed by atoms with Crippen LogP contribution in [0.2, 0.25) is 0 Å². The number of hydrogen-bond donors (Lipinski definition) is 3. The molecule has 0 radical (unpaired) electrons. The molecule has 0 saturated carbocycles. The summed E-state index contributed by atoms with van der Waals surface area (Å²) in [6, 6.07) is 22.4. The molecule has 3 amide bonds. The third-order valence-electron chi connectivity index (χ3n) is 8.78. The Morgan fingerprint density at radius 1 is 1.00 bits per heavy atom. The predicted molar refractivity (Wildman–Crippen MR) is 177 cm³/mol. The van der Waals surface area contributed by atoms with E-state index in [9.17, 15) is 14.4 Å². The van der Waals surface area contributed by atoms with Gasteiger partial charge < -0.3 is 26.2 Å². The van der Waals surface area contributed by atoms with Crippen LogP contribution in [0.15, 0.2) is 72.8 Å². The summed E-state index contributed by atoms with van der Waals surface area (Å²) < 4.78 is 0. The zero-order chi connectivity index (χ0) is 31.9. The maximum Gasteiger partial charge on any atom is 0.246 e. The van der Waals surface area contributed by atoms with Gasteiger partial charge in [0.2, 0.25) is 17.7 Å². The topological polar surface area (TPSA) is 108 Å². The molecule has 8 heteroatoms. The lowest BCUT2D eigenvalue weighted by Gasteiger charge is -2.38. The molecule has 1 aliphatic rings. The molecular weight excluding hydrogens is 550 g/mol. The number of nitrogens with one attached hydrogen (secondary N) is 2. The monoisotopic (exact) mass is 599 g/mol. The van der Waals surface area contributed by atoms with Gasteiger partial charge in [0.1, 0.15) is 6.04 Å². The summed E-state index contributed by atoms with van der Waals surface area (Å²) in [7, 11) is 1.72. The van der Waals surface area contributed by atoms with Crippen LogP contribution in [0.5, 0.6) is 0 Å². The number of carbonyl (C=O) groups excluding carboxylic acids is 3. The van der Waals surface area contributed by atoms with Crippen molar-refractivity contribution in [3.63, 3.8) is 0 Å². The minimum atomic E-state index is -0.716. The van der Waals surface area contributed by atoms with Crippen molar-refractivity contribution in [2.24, 2.45) is 11.1 Å². The number of rotatable bonds is 12. The van der Waals surface area contributed by atoms with Crippen molar-refractivity contribution in [3.8, 4) is 0 Å². The van der Waals surface area contributed by atoms with E-state index in [1.54, 1.807) is 14.0 Å². The average Bonchev–Trinajstić information content (AvgIpc) is 3.49. The van der Waals surface area contributed by atoms with E-state index < -0.39 is 23.5 Å². The maximum absolute atomic E-state index is 14.0. The first-order valence-corrected chi connectivity index (χ1v) is 15.8. The predicted octanol–water partition coefficient (Wildman–Crippen LogP) is 3.91. The van der Waals surface area contributed by atoms with Gasteiger partial charge in [0.05, 0.1) is 12.1 Å². The van der Waals surface area contributed by atoms with Crippen LogP contribution >= 0.6 is 0 Å². The molecule has 0 bridgehead atoms. The van der Waals surface area contributed by atoms with E-state index in [-0.39, 0.29) is 23.8 Å². The molecule has 8 nitrogen and oxygen atoms in total. The summed E-state index contributed by atoms with van der Waals surface area (Å²) in [5.41, 5.74) is 8.35. The first-order chi connectivity index (χ1) is 21.0. The highest BCUT2D eigenvalue weighted by atomic mass is 16.2. The van der Waals surface area contributed by atoms with Crippen molar-refractivity contribution >= 4 is 28.5 Å². The molecule has 4 N–H and O–H groups in total. The summed E-state index contributed by atoms with van der Waals surface area (Å²) in [4.78, 5) is 44.6. The molecular formula is C36H49N5O3. The highest BCUT2D eigenvalue weighted by molar-refractivity contribution is 5.91. The lowest BCUT2D eigenvalue weighted by molar-refractivity contribution is -0.142. The first-order valence-electron chi connectivity index (χ1n) is 15.8. The number of nitrogens with zero attached hydrogens (tertiary/aromatic N) is 2. The fourth-order valence-electron chi connectivity index (χ4n) is 6.01. The van der Waals surface area contributed by atoms with Crippen LogP contribution in [-0.2, 0) is 27.2 Å². The van der Waals surface area contributed by atoms with Crippen LogP contribution in [-0.4, -0.2) is 78.4 Å². The van der Waals surface area contributed by atoms with Crippen LogP contribution in [0.1, 0.15) is 51.7 Å². The largest absolute Gasteiger partial charge is 0.342 e. The second-order valence-corrected chi connectivity index (χ2v) is 13.1. The minimum absolute atomic E-state index is 0.104. The molecule has 44 heavy (non-hydrogen) atoms. The average molecular weight is 600 g/mol. The Morgan fingerprint density at radius 2 is 1.68 bits per heavy atom. The number of fused-ring (bicyclic) bond motifs is 1. The molecule has 0 unspecified atom stereocenters. The van der Waals surface area contributed by atoms with Crippen molar-refractivity contribution in [1.82, 2.24) is 20.4 Å². The molecule has 1 aliphatic heterocycles. The van der Waals surface area contributed by atoms with Crippen LogP contribution in [0.3, 0.4) is 0 Å². The van der Waals surface area contributed by atoms with E-state index in [4.69, 9.17) is 5.73 Å². The molecule has 0 aromatic heterocycles. The lowest BCUT2D eigenvalue weighted by Crippen LogP contribution is -2.59. The quantitative estimate of drug-likeness (QED) is 0.293. The molecule has 1 saturated heterocycles. The van der Waals surface area contributed by atoms with Gasteiger partial charge >= 0.3 is 0 Å². The Balaban J connectivity index is 1.54. The van der Waals surface area contributed by atoms with Gasteiger partial charge in [0, 0.05) is 25.7 Å². The second kappa shape index (κ2) is 14.8. The summed E-state index contributed by atoms with van der Waals surface area (Å²) in [6.45, 7) is 9.17. The van der Waals surface area contributed by atoms with E-state index in [1.807, 2.05) is 73.0 Å². The number of hydrogen-bond acceptors (Lipinski definition) is 5. The van der Waals surface area contributed by atoms with Crippen LogP contribution < -0.4 is 16.4 Å². The number of likely N-dealkylation sites (N-methyl/N-ethyl adjacent to an activating group) is 1. The van der Waals surface area contributed by atoms with Crippen molar-refractivity contribution in [1.29, 1.82) is 0 Å². The maximum atomic E-state index is 14.0. The smallest absolute Gasteiger partial charge is 0.246 e. The Kier molecular flexibility index (Phi) is 11.2. The summed E-state index contributed by atoms with van der Waals surface area (Å²) in [5.74, 6) is -0.431. The number of carbonyl (C=O) groups is 3. The Labute approximate surface area is 262 Å². The number of nitrogens with two attached hydrogens (primary N) is 1. The summed E-state index contributed by atoms with van der Waals surface area (Å²) in [6.07, 6.45) is 2.75. The van der Waals surface area contributed by atoms with E-state index in [0.717, 1.165) is 34.7 Å². The zero-order valence-corrected chi connectivity index (χ0v) is 26.9. The molecule has 1 fully saturated rings. The van der Waals surface area contributed by atoms with E-state index >= 15 is 0 Å². The van der Waals surface area contributed by atoms with Gasteiger partial charge in [0.25, 0.3) is 0 Å². The van der Waals surface area contributed by atoms with Crippen molar-refractivity contribution < 1.29 is 14.4 Å². The number of likely N-dealkylation sites (tertiary alicyclic amines) is 1. The third-order valence-corrected chi connectivity index (χ3v) is 8.78. The third kappa shape index (κ3) is 8.24. The molecule has 4 atom stereocenters. The van der Waals surface area contributed by atoms with E-state index in [1.165, 1.54) is 0 Å². The van der Waals surface area contributed by atoms with Crippen LogP contribution in [0.4, 0.5) is 0 Å². The molecule has 4 rings (SSSR count). The molecule has 0 spiro atoms. The molecule has 3 aromatic rings.